The number of aldehydes is 1. The Kier molecular flexibility index (Phi) is 5.90. The number of rotatable bonds is 7. The third-order valence-electron chi connectivity index (χ3n) is 3.58. The summed E-state index contributed by atoms with van der Waals surface area (Å²) in [6, 6.07) is 12.0. The van der Waals surface area contributed by atoms with E-state index in [0.29, 0.717) is 24.3 Å². The summed E-state index contributed by atoms with van der Waals surface area (Å²) in [4.78, 5) is 23.6. The molecule has 116 valence electrons. The van der Waals surface area contributed by atoms with Crippen molar-refractivity contribution in [2.24, 2.45) is 5.92 Å². The fraction of sp³-hybridized carbons (Fsp3) is 0.333. The largest absolute Gasteiger partial charge is 0.415 e. The summed E-state index contributed by atoms with van der Waals surface area (Å²) < 4.78 is 5.45. The Morgan fingerprint density at radius 3 is 2.59 bits per heavy atom. The number of carbonyl (C=O) groups excluding carboxylic acids is 2. The highest BCUT2D eigenvalue weighted by atomic mass is 32.1. The van der Waals surface area contributed by atoms with Crippen LogP contribution in [0, 0.1) is 12.8 Å². The van der Waals surface area contributed by atoms with Crippen molar-refractivity contribution in [1.29, 1.82) is 0 Å². The minimum Gasteiger partial charge on any atom is -0.415 e. The van der Waals surface area contributed by atoms with Crippen molar-refractivity contribution in [3.8, 4) is 15.5 Å². The van der Waals surface area contributed by atoms with E-state index in [4.69, 9.17) is 4.74 Å². The highest BCUT2D eigenvalue weighted by Crippen LogP contribution is 2.33. The summed E-state index contributed by atoms with van der Waals surface area (Å²) in [5.74, 6) is -0.461. The standard InChI is InChI=1S/C18H20O3S/c1-3-14(5-4-12-19)18(20)21-17-11-10-16(22-17)15-8-6-13(2)7-9-15/h6-12,14H,3-5H2,1-2H3. The number of thiophene rings is 1. The third-order valence-corrected chi connectivity index (χ3v) is 4.59. The van der Waals surface area contributed by atoms with Crippen molar-refractivity contribution in [1.82, 2.24) is 0 Å². The monoisotopic (exact) mass is 316 g/mol. The lowest BCUT2D eigenvalue weighted by Gasteiger charge is -2.11. The van der Waals surface area contributed by atoms with Crippen molar-refractivity contribution < 1.29 is 14.3 Å². The lowest BCUT2D eigenvalue weighted by Crippen LogP contribution is -2.19. The van der Waals surface area contributed by atoms with E-state index in [1.807, 2.05) is 19.1 Å². The van der Waals surface area contributed by atoms with Crippen LogP contribution in [0.15, 0.2) is 36.4 Å². The van der Waals surface area contributed by atoms with Gasteiger partial charge in [-0.3, -0.25) is 4.79 Å². The molecule has 0 amide bonds. The summed E-state index contributed by atoms with van der Waals surface area (Å²) in [5, 5.41) is 0.602. The highest BCUT2D eigenvalue weighted by Gasteiger charge is 2.19. The molecule has 2 rings (SSSR count). The minimum absolute atomic E-state index is 0.213. The van der Waals surface area contributed by atoms with Crippen LogP contribution in [0.3, 0.4) is 0 Å². The highest BCUT2D eigenvalue weighted by molar-refractivity contribution is 7.17. The van der Waals surface area contributed by atoms with Crippen molar-refractivity contribution in [3.05, 3.63) is 42.0 Å². The molecule has 0 N–H and O–H groups in total. The number of benzene rings is 1. The SMILES string of the molecule is CCC(CCC=O)C(=O)Oc1ccc(-c2ccc(C)cc2)s1. The van der Waals surface area contributed by atoms with Gasteiger partial charge in [0, 0.05) is 11.3 Å². The molecule has 0 aliphatic heterocycles. The second kappa shape index (κ2) is 7.90. The van der Waals surface area contributed by atoms with E-state index in [-0.39, 0.29) is 11.9 Å². The van der Waals surface area contributed by atoms with Gasteiger partial charge in [-0.1, -0.05) is 48.1 Å². The molecule has 4 heteroatoms. The maximum absolute atomic E-state index is 12.1. The van der Waals surface area contributed by atoms with E-state index in [9.17, 15) is 9.59 Å². The molecule has 0 spiro atoms. The number of hydrogen-bond acceptors (Lipinski definition) is 4. The zero-order valence-electron chi connectivity index (χ0n) is 12.9. The fourth-order valence-electron chi connectivity index (χ4n) is 2.19. The molecule has 0 saturated heterocycles. The van der Waals surface area contributed by atoms with E-state index in [1.165, 1.54) is 16.9 Å². The van der Waals surface area contributed by atoms with Gasteiger partial charge in [-0.05, 0) is 37.5 Å². The van der Waals surface area contributed by atoms with Crippen LogP contribution in [0.2, 0.25) is 0 Å². The van der Waals surface area contributed by atoms with Crippen molar-refractivity contribution in [2.75, 3.05) is 0 Å². The Labute approximate surface area is 134 Å². The van der Waals surface area contributed by atoms with E-state index in [0.717, 1.165) is 16.7 Å². The fourth-order valence-corrected chi connectivity index (χ4v) is 3.05. The van der Waals surface area contributed by atoms with Gasteiger partial charge in [0.05, 0.1) is 5.92 Å². The maximum Gasteiger partial charge on any atom is 0.315 e. The number of aryl methyl sites for hydroxylation is 1. The molecule has 3 nitrogen and oxygen atoms in total. The van der Waals surface area contributed by atoms with Crippen LogP contribution >= 0.6 is 11.3 Å². The van der Waals surface area contributed by atoms with E-state index < -0.39 is 0 Å². The quantitative estimate of drug-likeness (QED) is 0.552. The molecule has 0 aliphatic carbocycles. The first kappa shape index (κ1) is 16.4. The summed E-state index contributed by atoms with van der Waals surface area (Å²) in [7, 11) is 0. The van der Waals surface area contributed by atoms with E-state index in [2.05, 4.69) is 31.2 Å². The van der Waals surface area contributed by atoms with Gasteiger partial charge in [-0.15, -0.1) is 0 Å². The predicted octanol–water partition coefficient (Wildman–Crippen LogP) is 4.63. The Balaban J connectivity index is 2.03. The Morgan fingerprint density at radius 1 is 1.23 bits per heavy atom. The van der Waals surface area contributed by atoms with Gasteiger partial charge in [-0.25, -0.2) is 0 Å². The van der Waals surface area contributed by atoms with Gasteiger partial charge in [0.25, 0.3) is 0 Å². The van der Waals surface area contributed by atoms with Gasteiger partial charge in [0.2, 0.25) is 0 Å². The van der Waals surface area contributed by atoms with Crippen molar-refractivity contribution in [3.63, 3.8) is 0 Å². The van der Waals surface area contributed by atoms with Crippen LogP contribution in [-0.2, 0) is 9.59 Å². The third kappa shape index (κ3) is 4.28. The average Bonchev–Trinajstić information content (AvgIpc) is 2.97. The lowest BCUT2D eigenvalue weighted by molar-refractivity contribution is -0.139. The molecule has 0 radical (unpaired) electrons. The maximum atomic E-state index is 12.1. The van der Waals surface area contributed by atoms with Gasteiger partial charge >= 0.3 is 5.97 Å². The summed E-state index contributed by atoms with van der Waals surface area (Å²) in [5.41, 5.74) is 2.33. The molecule has 0 bridgehead atoms. The number of ether oxygens (including phenoxy) is 1. The Bertz CT molecular complexity index is 628. The molecule has 1 heterocycles. The number of esters is 1. The van der Waals surface area contributed by atoms with Crippen LogP contribution in [-0.4, -0.2) is 12.3 Å². The molecule has 22 heavy (non-hydrogen) atoms. The summed E-state index contributed by atoms with van der Waals surface area (Å²) >= 11 is 1.46. The molecule has 1 atom stereocenters. The Hall–Kier alpha value is -1.94. The first-order valence-electron chi connectivity index (χ1n) is 7.46. The molecule has 1 aromatic heterocycles. The van der Waals surface area contributed by atoms with Gasteiger partial charge < -0.3 is 9.53 Å². The molecule has 2 aromatic rings. The molecular formula is C18H20O3S. The van der Waals surface area contributed by atoms with Gasteiger partial charge in [-0.2, -0.15) is 0 Å². The van der Waals surface area contributed by atoms with Crippen LogP contribution in [0.25, 0.3) is 10.4 Å². The van der Waals surface area contributed by atoms with Crippen molar-refractivity contribution >= 4 is 23.6 Å². The normalized spacial score (nSPS) is 11.9. The van der Waals surface area contributed by atoms with E-state index in [1.54, 1.807) is 0 Å². The van der Waals surface area contributed by atoms with Crippen molar-refractivity contribution in [2.45, 2.75) is 33.1 Å². The zero-order valence-corrected chi connectivity index (χ0v) is 13.7. The van der Waals surface area contributed by atoms with E-state index >= 15 is 0 Å². The number of hydrogen-bond donors (Lipinski definition) is 0. The van der Waals surface area contributed by atoms with Crippen LogP contribution in [0.5, 0.6) is 5.06 Å². The van der Waals surface area contributed by atoms with Gasteiger partial charge in [0.15, 0.2) is 5.06 Å². The molecule has 0 aliphatic rings. The van der Waals surface area contributed by atoms with Crippen LogP contribution < -0.4 is 4.74 Å². The predicted molar refractivity (Wildman–Crippen MR) is 89.2 cm³/mol. The second-order valence-electron chi connectivity index (χ2n) is 5.25. The topological polar surface area (TPSA) is 43.4 Å². The average molecular weight is 316 g/mol. The summed E-state index contributed by atoms with van der Waals surface area (Å²) in [6.07, 6.45) is 2.47. The van der Waals surface area contributed by atoms with Crippen LogP contribution in [0.1, 0.15) is 31.7 Å². The lowest BCUT2D eigenvalue weighted by atomic mass is 10.0. The number of carbonyl (C=O) groups is 2. The zero-order chi connectivity index (χ0) is 15.9. The molecular weight excluding hydrogens is 296 g/mol. The minimum atomic E-state index is -0.248. The second-order valence-corrected chi connectivity index (χ2v) is 6.30. The Morgan fingerprint density at radius 2 is 1.95 bits per heavy atom. The molecule has 0 fully saturated rings. The molecule has 1 unspecified atom stereocenters. The van der Waals surface area contributed by atoms with Crippen LogP contribution in [0.4, 0.5) is 0 Å². The van der Waals surface area contributed by atoms with Gasteiger partial charge in [0.1, 0.15) is 6.29 Å². The first-order valence-corrected chi connectivity index (χ1v) is 8.28. The molecule has 0 saturated carbocycles. The summed E-state index contributed by atoms with van der Waals surface area (Å²) in [6.45, 7) is 3.98. The smallest absolute Gasteiger partial charge is 0.315 e. The molecule has 1 aromatic carbocycles. The first-order chi connectivity index (χ1) is 10.6.